The summed E-state index contributed by atoms with van der Waals surface area (Å²) in [7, 11) is 0. The van der Waals surface area contributed by atoms with E-state index in [2.05, 4.69) is 27.7 Å². The van der Waals surface area contributed by atoms with Crippen LogP contribution in [0.2, 0.25) is 0 Å². The summed E-state index contributed by atoms with van der Waals surface area (Å²) in [4.78, 5) is 0. The van der Waals surface area contributed by atoms with Crippen LogP contribution in [-0.4, -0.2) is 18.0 Å². The Labute approximate surface area is 172 Å². The van der Waals surface area contributed by atoms with Gasteiger partial charge in [-0.05, 0) is 43.3 Å². The molecule has 0 saturated carbocycles. The van der Waals surface area contributed by atoms with Gasteiger partial charge in [-0.3, -0.25) is 0 Å². The highest BCUT2D eigenvalue weighted by Gasteiger charge is 2.22. The van der Waals surface area contributed by atoms with Gasteiger partial charge in [0.15, 0.2) is 0 Å². The molecule has 0 saturated heterocycles. The van der Waals surface area contributed by atoms with Crippen LogP contribution in [0.4, 0.5) is 0 Å². The van der Waals surface area contributed by atoms with Crippen molar-refractivity contribution in [1.29, 1.82) is 0 Å². The minimum Gasteiger partial charge on any atom is -0.0972 e. The van der Waals surface area contributed by atoms with Gasteiger partial charge >= 0.3 is 0 Å². The number of hydrogen-bond acceptors (Lipinski definition) is 1. The fourth-order valence-electron chi connectivity index (χ4n) is 3.91. The number of unbranched alkanes of at least 4 members (excludes halogenated alkanes) is 14. The van der Waals surface area contributed by atoms with Gasteiger partial charge in [0, 0.05) is 0 Å². The molecule has 2 heteroatoms. The molecule has 0 nitrogen and oxygen atoms in total. The molecule has 0 bridgehead atoms. The maximum atomic E-state index is 6.31. The van der Waals surface area contributed by atoms with E-state index in [4.69, 9.17) is 11.8 Å². The number of rotatable bonds is 20. The molecule has 0 aromatic heterocycles. The van der Waals surface area contributed by atoms with Crippen LogP contribution >= 0.6 is 6.04 Å². The van der Waals surface area contributed by atoms with Gasteiger partial charge in [-0.1, -0.05) is 129 Å². The van der Waals surface area contributed by atoms with Crippen LogP contribution in [0.5, 0.6) is 0 Å². The van der Waals surface area contributed by atoms with Crippen molar-refractivity contribution in [1.82, 2.24) is 0 Å². The molecule has 0 rings (SSSR count). The third kappa shape index (κ3) is 14.7. The first-order valence-electron chi connectivity index (χ1n) is 12.2. The van der Waals surface area contributed by atoms with Crippen molar-refractivity contribution in [3.63, 3.8) is 0 Å². The molecule has 0 aromatic rings. The van der Waals surface area contributed by atoms with E-state index < -0.39 is 6.04 Å². The van der Waals surface area contributed by atoms with Gasteiger partial charge in [-0.25, -0.2) is 0 Å². The monoisotopic (exact) mass is 402 g/mol. The molecular weight excluding hydrogens is 351 g/mol. The van der Waals surface area contributed by atoms with Crippen molar-refractivity contribution < 1.29 is 0 Å². The van der Waals surface area contributed by atoms with Crippen LogP contribution in [0.25, 0.3) is 0 Å². The van der Waals surface area contributed by atoms with E-state index in [0.717, 1.165) is 5.66 Å². The summed E-state index contributed by atoms with van der Waals surface area (Å²) in [6, 6.07) is -1.11. The third-order valence-corrected chi connectivity index (χ3v) is 12.5. The maximum absolute atomic E-state index is 6.31. The molecule has 0 aliphatic carbocycles. The highest BCUT2D eigenvalue weighted by atomic mass is 32.4. The molecule has 0 aromatic carbocycles. The third-order valence-electron chi connectivity index (χ3n) is 6.17. The molecule has 0 amide bonds. The lowest BCUT2D eigenvalue weighted by Crippen LogP contribution is -2.09. The Kier molecular flexibility index (Phi) is 19.5. The van der Waals surface area contributed by atoms with Gasteiger partial charge < -0.3 is 0 Å². The summed E-state index contributed by atoms with van der Waals surface area (Å²) < 4.78 is 0. The van der Waals surface area contributed by atoms with Crippen LogP contribution in [0, 0.1) is 0 Å². The Hall–Kier alpha value is 0.650. The van der Waals surface area contributed by atoms with E-state index in [9.17, 15) is 0 Å². The normalized spacial score (nSPS) is 13.2. The largest absolute Gasteiger partial charge is 0.0972 e. The summed E-state index contributed by atoms with van der Waals surface area (Å²) >= 11 is 6.31. The first-order chi connectivity index (χ1) is 12.6. The van der Waals surface area contributed by atoms with Crippen molar-refractivity contribution in [2.75, 3.05) is 12.3 Å². The van der Waals surface area contributed by atoms with E-state index in [-0.39, 0.29) is 0 Å². The van der Waals surface area contributed by atoms with Crippen molar-refractivity contribution in [2.24, 2.45) is 0 Å². The fraction of sp³-hybridized carbons (Fsp3) is 1.00. The fourth-order valence-corrected chi connectivity index (χ4v) is 8.42. The van der Waals surface area contributed by atoms with Gasteiger partial charge in [0.1, 0.15) is 0 Å². The zero-order valence-electron chi connectivity index (χ0n) is 18.9. The molecule has 1 atom stereocenters. The SMILES string of the molecule is CCCCCCCCCCP(=S)(CCCCCCCCCC)C(C)CC. The minimum absolute atomic E-state index is 0.812. The maximum Gasteiger partial charge on any atom is -0.0149 e. The number of hydrogen-bond donors (Lipinski definition) is 0. The summed E-state index contributed by atoms with van der Waals surface area (Å²) in [5.74, 6) is 0. The summed E-state index contributed by atoms with van der Waals surface area (Å²) in [6.45, 7) is 9.41. The van der Waals surface area contributed by atoms with Crippen LogP contribution in [0.15, 0.2) is 0 Å². The van der Waals surface area contributed by atoms with Crippen molar-refractivity contribution in [3.05, 3.63) is 0 Å². The zero-order valence-corrected chi connectivity index (χ0v) is 20.6. The smallest absolute Gasteiger partial charge is 0.0149 e. The Balaban J connectivity index is 3.88. The van der Waals surface area contributed by atoms with Crippen LogP contribution in [0.3, 0.4) is 0 Å². The topological polar surface area (TPSA) is 0 Å². The van der Waals surface area contributed by atoms with Gasteiger partial charge in [-0.15, -0.1) is 0 Å². The average molecular weight is 403 g/mol. The highest BCUT2D eigenvalue weighted by molar-refractivity contribution is 8.14. The first kappa shape index (κ1) is 26.6. The minimum atomic E-state index is -1.11. The Bertz CT molecular complexity index is 302. The molecule has 26 heavy (non-hydrogen) atoms. The van der Waals surface area contributed by atoms with Gasteiger partial charge in [0.25, 0.3) is 0 Å². The lowest BCUT2D eigenvalue weighted by Gasteiger charge is -2.28. The molecular formula is C24H51PS. The van der Waals surface area contributed by atoms with Gasteiger partial charge in [0.05, 0.1) is 0 Å². The van der Waals surface area contributed by atoms with E-state index in [1.54, 1.807) is 0 Å². The summed E-state index contributed by atoms with van der Waals surface area (Å²) in [5, 5.41) is 0. The Morgan fingerprint density at radius 3 is 1.15 bits per heavy atom. The Morgan fingerprint density at radius 1 is 0.538 bits per heavy atom. The molecule has 0 fully saturated rings. The van der Waals surface area contributed by atoms with E-state index in [1.807, 2.05) is 0 Å². The second-order valence-electron chi connectivity index (χ2n) is 8.61. The molecule has 0 spiro atoms. The lowest BCUT2D eigenvalue weighted by molar-refractivity contribution is 0.583. The lowest BCUT2D eigenvalue weighted by atomic mass is 10.1. The Morgan fingerprint density at radius 2 is 0.846 bits per heavy atom. The standard InChI is InChI=1S/C24H51PS/c1-5-8-10-12-14-16-18-20-22-25(26,24(4)7-3)23-21-19-17-15-13-11-9-6-2/h24H,5-23H2,1-4H3. The van der Waals surface area contributed by atoms with Crippen molar-refractivity contribution >= 4 is 17.8 Å². The molecule has 0 aliphatic rings. The first-order valence-corrected chi connectivity index (χ1v) is 15.4. The second-order valence-corrected chi connectivity index (χ2v) is 14.5. The quantitative estimate of drug-likeness (QED) is 0.144. The average Bonchev–Trinajstić information content (AvgIpc) is 2.65. The molecule has 0 heterocycles. The van der Waals surface area contributed by atoms with Crippen molar-refractivity contribution in [2.45, 2.75) is 143 Å². The predicted molar refractivity (Wildman–Crippen MR) is 129 cm³/mol. The van der Waals surface area contributed by atoms with Gasteiger partial charge in [0.2, 0.25) is 0 Å². The van der Waals surface area contributed by atoms with E-state index in [0.29, 0.717) is 0 Å². The van der Waals surface area contributed by atoms with Crippen molar-refractivity contribution in [3.8, 4) is 0 Å². The second kappa shape index (κ2) is 19.0. The molecule has 1 unspecified atom stereocenters. The van der Waals surface area contributed by atoms with Gasteiger partial charge in [-0.2, -0.15) is 0 Å². The molecule has 0 aliphatic heterocycles. The summed E-state index contributed by atoms with van der Waals surface area (Å²) in [5.41, 5.74) is 0.812. The predicted octanol–water partition coefficient (Wildman–Crippen LogP) is 9.55. The van der Waals surface area contributed by atoms with E-state index >= 15 is 0 Å². The molecule has 0 radical (unpaired) electrons. The van der Waals surface area contributed by atoms with Crippen LogP contribution in [0.1, 0.15) is 137 Å². The van der Waals surface area contributed by atoms with E-state index in [1.165, 1.54) is 121 Å². The zero-order chi connectivity index (χ0) is 19.5. The highest BCUT2D eigenvalue weighted by Crippen LogP contribution is 2.53. The molecule has 158 valence electrons. The van der Waals surface area contributed by atoms with Crippen LogP contribution in [-0.2, 0) is 11.8 Å². The molecule has 0 N–H and O–H groups in total. The summed E-state index contributed by atoms with van der Waals surface area (Å²) in [6.07, 6.45) is 26.9. The van der Waals surface area contributed by atoms with Crippen LogP contribution < -0.4 is 0 Å².